The molecule has 0 aromatic heterocycles. The van der Waals surface area contributed by atoms with Gasteiger partial charge in [0.1, 0.15) is 6.17 Å². The summed E-state index contributed by atoms with van der Waals surface area (Å²) in [6.07, 6.45) is 3.98. The van der Waals surface area contributed by atoms with Crippen molar-refractivity contribution in [1.82, 2.24) is 10.2 Å². The maximum absolute atomic E-state index is 12.8. The fraction of sp³-hybridized carbons (Fsp3) is 0.611. The Bertz CT molecular complexity index is 482. The molecule has 3 heteroatoms. The van der Waals surface area contributed by atoms with Crippen molar-refractivity contribution in [1.29, 1.82) is 0 Å². The molecule has 0 radical (unpaired) electrons. The monoisotopic (exact) mass is 288 g/mol. The minimum Gasteiger partial charge on any atom is -0.319 e. The molecule has 2 rings (SSSR count). The Hall–Kier alpha value is -1.35. The molecule has 1 amide bonds. The molecule has 1 aromatic carbocycles. The summed E-state index contributed by atoms with van der Waals surface area (Å²) in [7, 11) is 0. The zero-order valence-corrected chi connectivity index (χ0v) is 13.7. The van der Waals surface area contributed by atoms with E-state index in [0.29, 0.717) is 6.04 Å². The van der Waals surface area contributed by atoms with Gasteiger partial charge in [0.05, 0.1) is 6.04 Å². The Kier molecular flexibility index (Phi) is 5.40. The van der Waals surface area contributed by atoms with Gasteiger partial charge in [0, 0.05) is 6.04 Å². The third-order valence-corrected chi connectivity index (χ3v) is 4.59. The largest absolute Gasteiger partial charge is 0.319 e. The molecule has 1 saturated heterocycles. The van der Waals surface area contributed by atoms with Gasteiger partial charge in [-0.25, -0.2) is 0 Å². The number of benzene rings is 1. The van der Waals surface area contributed by atoms with Gasteiger partial charge in [0.25, 0.3) is 0 Å². The fourth-order valence-corrected chi connectivity index (χ4v) is 3.35. The third kappa shape index (κ3) is 3.13. The highest BCUT2D eigenvalue weighted by Crippen LogP contribution is 2.32. The number of rotatable bonds is 6. The Balaban J connectivity index is 2.36. The zero-order valence-electron chi connectivity index (χ0n) is 13.7. The first-order valence-corrected chi connectivity index (χ1v) is 8.27. The normalized spacial score (nSPS) is 22.3. The van der Waals surface area contributed by atoms with Crippen molar-refractivity contribution in [2.24, 2.45) is 0 Å². The predicted molar refractivity (Wildman–Crippen MR) is 87.0 cm³/mol. The molecule has 1 fully saturated rings. The first kappa shape index (κ1) is 16.0. The number of hydrogen-bond acceptors (Lipinski definition) is 2. The number of carbonyl (C=O) groups is 1. The maximum Gasteiger partial charge on any atom is 0.241 e. The number of aryl methyl sites for hydroxylation is 1. The average molecular weight is 288 g/mol. The van der Waals surface area contributed by atoms with Crippen LogP contribution in [0.25, 0.3) is 0 Å². The van der Waals surface area contributed by atoms with Gasteiger partial charge in [-0.2, -0.15) is 0 Å². The van der Waals surface area contributed by atoms with E-state index in [-0.39, 0.29) is 18.1 Å². The summed E-state index contributed by atoms with van der Waals surface area (Å²) >= 11 is 0. The molecule has 1 aliphatic rings. The lowest BCUT2D eigenvalue weighted by atomic mass is 10.0. The second-order valence-corrected chi connectivity index (χ2v) is 5.98. The van der Waals surface area contributed by atoms with Crippen LogP contribution in [0.15, 0.2) is 24.3 Å². The van der Waals surface area contributed by atoms with Crippen molar-refractivity contribution >= 4 is 5.91 Å². The van der Waals surface area contributed by atoms with Crippen LogP contribution >= 0.6 is 0 Å². The van der Waals surface area contributed by atoms with Gasteiger partial charge < -0.3 is 4.90 Å². The van der Waals surface area contributed by atoms with E-state index >= 15 is 0 Å². The van der Waals surface area contributed by atoms with Crippen molar-refractivity contribution in [3.63, 3.8) is 0 Å². The first-order chi connectivity index (χ1) is 10.1. The van der Waals surface area contributed by atoms with Gasteiger partial charge in [-0.1, -0.05) is 51.5 Å². The highest BCUT2D eigenvalue weighted by Gasteiger charge is 2.41. The van der Waals surface area contributed by atoms with Crippen molar-refractivity contribution < 1.29 is 4.79 Å². The lowest BCUT2D eigenvalue weighted by molar-refractivity contribution is -0.132. The van der Waals surface area contributed by atoms with E-state index in [2.05, 4.69) is 62.2 Å². The number of nitrogens with one attached hydrogen (secondary N) is 1. The molecule has 21 heavy (non-hydrogen) atoms. The van der Waals surface area contributed by atoms with Crippen LogP contribution in [0.2, 0.25) is 0 Å². The molecule has 0 spiro atoms. The summed E-state index contributed by atoms with van der Waals surface area (Å²) in [5.74, 6) is 0.277. The fourth-order valence-electron chi connectivity index (χ4n) is 3.35. The number of amides is 1. The molecule has 0 aliphatic carbocycles. The highest BCUT2D eigenvalue weighted by molar-refractivity contribution is 5.85. The molecule has 0 bridgehead atoms. The Morgan fingerprint density at radius 1 is 1.19 bits per heavy atom. The van der Waals surface area contributed by atoms with Crippen molar-refractivity contribution in [3.8, 4) is 0 Å². The van der Waals surface area contributed by atoms with E-state index in [1.54, 1.807) is 0 Å². The first-order valence-electron chi connectivity index (χ1n) is 8.27. The summed E-state index contributed by atoms with van der Waals surface area (Å²) in [4.78, 5) is 14.9. The molecule has 2 unspecified atom stereocenters. The quantitative estimate of drug-likeness (QED) is 0.864. The highest BCUT2D eigenvalue weighted by atomic mass is 16.2. The van der Waals surface area contributed by atoms with E-state index in [1.165, 1.54) is 11.1 Å². The van der Waals surface area contributed by atoms with Crippen LogP contribution in [0, 0.1) is 6.92 Å². The van der Waals surface area contributed by atoms with Crippen molar-refractivity contribution in [2.45, 2.75) is 71.6 Å². The minimum atomic E-state index is -0.0276. The number of nitrogens with zero attached hydrogens (tertiary/aromatic N) is 1. The van der Waals surface area contributed by atoms with Crippen LogP contribution < -0.4 is 5.32 Å². The molecule has 1 N–H and O–H groups in total. The third-order valence-electron chi connectivity index (χ3n) is 4.59. The Labute approximate surface area is 128 Å². The standard InChI is InChI=1S/C18H28N2O/c1-5-10-16-18(21)20(14(6-2)7-3)17(19-16)15-12-9-8-11-13(15)4/h8-9,11-12,14,16-17,19H,5-7,10H2,1-4H3. The molecule has 1 heterocycles. The lowest BCUT2D eigenvalue weighted by Gasteiger charge is -2.32. The summed E-state index contributed by atoms with van der Waals surface area (Å²) < 4.78 is 0. The van der Waals surface area contributed by atoms with Crippen molar-refractivity contribution in [2.75, 3.05) is 0 Å². The molecule has 1 aromatic rings. The van der Waals surface area contributed by atoms with Crippen LogP contribution in [0.4, 0.5) is 0 Å². The van der Waals surface area contributed by atoms with E-state index in [4.69, 9.17) is 0 Å². The van der Waals surface area contributed by atoms with Crippen molar-refractivity contribution in [3.05, 3.63) is 35.4 Å². The molecule has 0 saturated carbocycles. The summed E-state index contributed by atoms with van der Waals surface area (Å²) in [5, 5.41) is 3.57. The maximum atomic E-state index is 12.8. The van der Waals surface area contributed by atoms with Crippen LogP contribution in [-0.2, 0) is 4.79 Å². The average Bonchev–Trinajstić information content (AvgIpc) is 2.79. The van der Waals surface area contributed by atoms with E-state index in [1.807, 2.05) is 0 Å². The Morgan fingerprint density at radius 2 is 1.86 bits per heavy atom. The zero-order chi connectivity index (χ0) is 15.4. The Morgan fingerprint density at radius 3 is 2.43 bits per heavy atom. The topological polar surface area (TPSA) is 32.3 Å². The van der Waals surface area contributed by atoms with Crippen LogP contribution in [0.5, 0.6) is 0 Å². The van der Waals surface area contributed by atoms with Gasteiger partial charge in [-0.05, 0) is 37.3 Å². The summed E-state index contributed by atoms with van der Waals surface area (Å²) in [5.41, 5.74) is 2.48. The van der Waals surface area contributed by atoms with Crippen LogP contribution in [0.1, 0.15) is 63.7 Å². The second-order valence-electron chi connectivity index (χ2n) is 5.98. The van der Waals surface area contributed by atoms with Gasteiger partial charge >= 0.3 is 0 Å². The minimum absolute atomic E-state index is 0.0276. The number of hydrogen-bond donors (Lipinski definition) is 1. The molecule has 3 nitrogen and oxygen atoms in total. The summed E-state index contributed by atoms with van der Waals surface area (Å²) in [6, 6.07) is 8.67. The molecule has 2 atom stereocenters. The van der Waals surface area contributed by atoms with Crippen LogP contribution in [-0.4, -0.2) is 22.9 Å². The van der Waals surface area contributed by atoms with Gasteiger partial charge in [0.2, 0.25) is 5.91 Å². The smallest absolute Gasteiger partial charge is 0.241 e. The second kappa shape index (κ2) is 7.08. The summed E-state index contributed by atoms with van der Waals surface area (Å²) in [6.45, 7) is 8.60. The SMILES string of the molecule is CCCC1NC(c2ccccc2C)N(C(CC)CC)C1=O. The van der Waals surface area contributed by atoms with E-state index in [9.17, 15) is 4.79 Å². The van der Waals surface area contributed by atoms with Gasteiger partial charge in [-0.15, -0.1) is 0 Å². The predicted octanol–water partition coefficient (Wildman–Crippen LogP) is 3.78. The molecular formula is C18H28N2O. The number of carbonyl (C=O) groups excluding carboxylic acids is 1. The molecule has 116 valence electrons. The van der Waals surface area contributed by atoms with Crippen LogP contribution in [0.3, 0.4) is 0 Å². The van der Waals surface area contributed by atoms with Gasteiger partial charge in [-0.3, -0.25) is 10.1 Å². The molecular weight excluding hydrogens is 260 g/mol. The van der Waals surface area contributed by atoms with Gasteiger partial charge in [0.15, 0.2) is 0 Å². The molecule has 1 aliphatic heterocycles. The van der Waals surface area contributed by atoms with E-state index in [0.717, 1.165) is 25.7 Å². The van der Waals surface area contributed by atoms with E-state index < -0.39 is 0 Å². The lowest BCUT2D eigenvalue weighted by Crippen LogP contribution is -2.39.